The Hall–Kier alpha value is -2.43. The summed E-state index contributed by atoms with van der Waals surface area (Å²) in [4.78, 5) is 14.5. The van der Waals surface area contributed by atoms with Crippen molar-refractivity contribution in [1.29, 1.82) is 5.26 Å². The van der Waals surface area contributed by atoms with Crippen molar-refractivity contribution in [2.45, 2.75) is 64.3 Å². The first kappa shape index (κ1) is 24.3. The van der Waals surface area contributed by atoms with Gasteiger partial charge in [-0.2, -0.15) is 10.2 Å². The summed E-state index contributed by atoms with van der Waals surface area (Å²) in [6.07, 6.45) is 9.58. The third kappa shape index (κ3) is 5.24. The van der Waals surface area contributed by atoms with Gasteiger partial charge in [0, 0.05) is 68.0 Å². The van der Waals surface area contributed by atoms with E-state index in [0.29, 0.717) is 29.1 Å². The number of nitriles is 1. The summed E-state index contributed by atoms with van der Waals surface area (Å²) in [5.41, 5.74) is 0.806. The van der Waals surface area contributed by atoms with Crippen molar-refractivity contribution < 1.29 is 5.11 Å². The zero-order valence-electron chi connectivity index (χ0n) is 20.0. The molecule has 3 N–H and O–H groups in total. The minimum Gasteiger partial charge on any atom is -0.391 e. The molecule has 0 aliphatic carbocycles. The SMILES string of the molecule is CCC1CC(Nc2nc(Nc3ncc(CO)s3)cc3nccn23)CC(CC)N1SN1CC(C#N)C1. The van der Waals surface area contributed by atoms with Gasteiger partial charge in [0.25, 0.3) is 0 Å². The molecule has 10 nitrogen and oxygen atoms in total. The highest BCUT2D eigenvalue weighted by Crippen LogP contribution is 2.38. The molecule has 35 heavy (non-hydrogen) atoms. The summed E-state index contributed by atoms with van der Waals surface area (Å²) >= 11 is 3.24. The zero-order chi connectivity index (χ0) is 24.4. The number of rotatable bonds is 9. The predicted molar refractivity (Wildman–Crippen MR) is 139 cm³/mol. The molecule has 0 aromatic carbocycles. The van der Waals surface area contributed by atoms with Gasteiger partial charge in [-0.25, -0.2) is 18.6 Å². The van der Waals surface area contributed by atoms with Gasteiger partial charge in [0.05, 0.1) is 23.5 Å². The highest BCUT2D eigenvalue weighted by molar-refractivity contribution is 7.94. The molecule has 3 aromatic rings. The molecule has 3 aromatic heterocycles. The average Bonchev–Trinajstić information content (AvgIpc) is 3.50. The summed E-state index contributed by atoms with van der Waals surface area (Å²) in [5, 5.41) is 26.1. The first-order valence-electron chi connectivity index (χ1n) is 12.1. The second-order valence-corrected chi connectivity index (χ2v) is 11.3. The number of aliphatic hydroxyl groups is 1. The topological polar surface area (TPSA) is 118 Å². The lowest BCUT2D eigenvalue weighted by molar-refractivity contribution is 0.160. The monoisotopic (exact) mass is 513 g/mol. The van der Waals surface area contributed by atoms with Crippen LogP contribution < -0.4 is 10.6 Å². The highest BCUT2D eigenvalue weighted by Gasteiger charge is 2.38. The van der Waals surface area contributed by atoms with Gasteiger partial charge in [0.1, 0.15) is 11.5 Å². The first-order chi connectivity index (χ1) is 17.1. The molecular formula is C23H31N9OS2. The number of fused-ring (bicyclic) bond motifs is 1. The maximum Gasteiger partial charge on any atom is 0.210 e. The number of hydrogen-bond acceptors (Lipinski definition) is 11. The number of aliphatic hydroxyl groups excluding tert-OH is 1. The van der Waals surface area contributed by atoms with Crippen LogP contribution in [0.3, 0.4) is 0 Å². The first-order valence-corrected chi connectivity index (χ1v) is 13.7. The fourth-order valence-electron chi connectivity index (χ4n) is 4.74. The lowest BCUT2D eigenvalue weighted by Crippen LogP contribution is -2.52. The molecule has 0 amide bonds. The summed E-state index contributed by atoms with van der Waals surface area (Å²) in [7, 11) is 0. The molecule has 2 atom stereocenters. The van der Waals surface area contributed by atoms with Crippen LogP contribution in [0.2, 0.25) is 0 Å². The van der Waals surface area contributed by atoms with Crippen LogP contribution in [0.1, 0.15) is 44.4 Å². The Labute approximate surface area is 213 Å². The van der Waals surface area contributed by atoms with Crippen LogP contribution in [-0.2, 0) is 6.61 Å². The van der Waals surface area contributed by atoms with Crippen LogP contribution in [0.15, 0.2) is 24.7 Å². The molecule has 186 valence electrons. The number of imidazole rings is 1. The summed E-state index contributed by atoms with van der Waals surface area (Å²) in [5.74, 6) is 1.60. The Morgan fingerprint density at radius 2 is 2.00 bits per heavy atom. The molecule has 2 aliphatic rings. The molecule has 2 aliphatic heterocycles. The van der Waals surface area contributed by atoms with Crippen molar-refractivity contribution in [2.24, 2.45) is 5.92 Å². The van der Waals surface area contributed by atoms with Crippen molar-refractivity contribution in [3.8, 4) is 6.07 Å². The van der Waals surface area contributed by atoms with Crippen molar-refractivity contribution in [3.63, 3.8) is 0 Å². The number of nitrogens with one attached hydrogen (secondary N) is 2. The molecular weight excluding hydrogens is 482 g/mol. The van der Waals surface area contributed by atoms with E-state index in [1.54, 1.807) is 12.4 Å². The average molecular weight is 514 g/mol. The zero-order valence-corrected chi connectivity index (χ0v) is 21.6. The Morgan fingerprint density at radius 1 is 1.23 bits per heavy atom. The van der Waals surface area contributed by atoms with E-state index in [4.69, 9.17) is 10.2 Å². The lowest BCUT2D eigenvalue weighted by atomic mass is 9.91. The third-order valence-electron chi connectivity index (χ3n) is 6.68. The number of aromatic nitrogens is 4. The second-order valence-electron chi connectivity index (χ2n) is 9.09. The van der Waals surface area contributed by atoms with Crippen molar-refractivity contribution >= 4 is 46.0 Å². The van der Waals surface area contributed by atoms with E-state index in [1.165, 1.54) is 11.3 Å². The molecule has 0 bridgehead atoms. The Balaban J connectivity index is 1.32. The van der Waals surface area contributed by atoms with Crippen LogP contribution >= 0.6 is 23.5 Å². The van der Waals surface area contributed by atoms with Crippen LogP contribution in [0, 0.1) is 17.2 Å². The molecule has 0 saturated carbocycles. The second kappa shape index (κ2) is 10.7. The maximum absolute atomic E-state index is 9.33. The maximum atomic E-state index is 9.33. The molecule has 0 spiro atoms. The van der Waals surface area contributed by atoms with E-state index in [1.807, 2.05) is 28.8 Å². The van der Waals surface area contributed by atoms with Gasteiger partial charge in [0.2, 0.25) is 5.95 Å². The van der Waals surface area contributed by atoms with E-state index in [2.05, 4.69) is 49.1 Å². The van der Waals surface area contributed by atoms with Gasteiger partial charge in [-0.3, -0.25) is 4.40 Å². The van der Waals surface area contributed by atoms with Crippen LogP contribution in [0.5, 0.6) is 0 Å². The Bertz CT molecular complexity index is 1170. The van der Waals surface area contributed by atoms with Gasteiger partial charge in [-0.15, -0.1) is 0 Å². The van der Waals surface area contributed by atoms with E-state index in [9.17, 15) is 5.11 Å². The van der Waals surface area contributed by atoms with Crippen LogP contribution in [0.25, 0.3) is 5.65 Å². The standard InChI is InChI=1S/C23H31N9OS2/c1-3-17-7-16(8-18(4-2)32(17)35-30-12-15(10-24)13-30)27-22-28-20(9-21-25-5-6-31(21)22)29-23-26-11-19(14-33)34-23/h5-6,9,11,15-18,33H,3-4,7-8,12-14H2,1-2H3,(H,26,29)(H,27,28). The van der Waals surface area contributed by atoms with E-state index < -0.39 is 0 Å². The number of thiazole rings is 1. The lowest BCUT2D eigenvalue weighted by Gasteiger charge is -2.47. The van der Waals surface area contributed by atoms with Gasteiger partial charge in [-0.05, 0) is 25.7 Å². The van der Waals surface area contributed by atoms with Crippen LogP contribution in [-0.4, -0.2) is 64.3 Å². The van der Waals surface area contributed by atoms with E-state index >= 15 is 0 Å². The predicted octanol–water partition coefficient (Wildman–Crippen LogP) is 3.87. The van der Waals surface area contributed by atoms with Gasteiger partial charge in [-0.1, -0.05) is 25.2 Å². The van der Waals surface area contributed by atoms with Crippen molar-refractivity contribution in [3.05, 3.63) is 29.5 Å². The third-order valence-corrected chi connectivity index (χ3v) is 8.89. The van der Waals surface area contributed by atoms with Gasteiger partial charge < -0.3 is 15.7 Å². The largest absolute Gasteiger partial charge is 0.391 e. The van der Waals surface area contributed by atoms with Crippen LogP contribution in [0.4, 0.5) is 16.9 Å². The van der Waals surface area contributed by atoms with Gasteiger partial charge in [0.15, 0.2) is 5.13 Å². The summed E-state index contributed by atoms with van der Waals surface area (Å²) in [6, 6.07) is 5.46. The van der Waals surface area contributed by atoms with E-state index in [-0.39, 0.29) is 12.5 Å². The number of hydrogen-bond donors (Lipinski definition) is 3. The normalized spacial score (nSPS) is 23.8. The van der Waals surface area contributed by atoms with Crippen molar-refractivity contribution in [2.75, 3.05) is 23.7 Å². The molecule has 2 unspecified atom stereocenters. The van der Waals surface area contributed by atoms with E-state index in [0.717, 1.165) is 55.2 Å². The Morgan fingerprint density at radius 3 is 2.66 bits per heavy atom. The van der Waals surface area contributed by atoms with Crippen molar-refractivity contribution in [1.82, 2.24) is 28.0 Å². The fourth-order valence-corrected chi connectivity index (χ4v) is 6.92. The fraction of sp³-hybridized carbons (Fsp3) is 0.565. The molecule has 0 radical (unpaired) electrons. The molecule has 2 fully saturated rings. The molecule has 2 saturated heterocycles. The Kier molecular flexibility index (Phi) is 7.40. The highest BCUT2D eigenvalue weighted by atomic mass is 32.2. The minimum atomic E-state index is -0.0241. The molecule has 12 heteroatoms. The summed E-state index contributed by atoms with van der Waals surface area (Å²) < 4.78 is 6.88. The number of piperidine rings is 1. The smallest absolute Gasteiger partial charge is 0.210 e. The minimum absolute atomic E-state index is 0.0241. The number of nitrogens with zero attached hydrogens (tertiary/aromatic N) is 7. The van der Waals surface area contributed by atoms with Gasteiger partial charge >= 0.3 is 0 Å². The molecule has 5 rings (SSSR count). The molecule has 5 heterocycles. The summed E-state index contributed by atoms with van der Waals surface area (Å²) in [6.45, 7) is 6.20. The number of anilines is 3. The quantitative estimate of drug-likeness (QED) is 0.364.